The van der Waals surface area contributed by atoms with Gasteiger partial charge in [-0.1, -0.05) is 60.7 Å². The summed E-state index contributed by atoms with van der Waals surface area (Å²) in [6, 6.07) is 19.2. The normalized spacial score (nSPS) is 11.6. The van der Waals surface area contributed by atoms with Crippen molar-refractivity contribution in [2.75, 3.05) is 6.54 Å². The number of amides is 2. The summed E-state index contributed by atoms with van der Waals surface area (Å²) < 4.78 is 0. The van der Waals surface area contributed by atoms with E-state index in [1.54, 1.807) is 11.8 Å². The van der Waals surface area contributed by atoms with Crippen molar-refractivity contribution in [2.24, 2.45) is 0 Å². The molecule has 4 nitrogen and oxygen atoms in total. The lowest BCUT2D eigenvalue weighted by molar-refractivity contribution is -0.138. The van der Waals surface area contributed by atoms with Gasteiger partial charge in [0.05, 0.1) is 0 Å². The van der Waals surface area contributed by atoms with Crippen LogP contribution in [0.5, 0.6) is 0 Å². The smallest absolute Gasteiger partial charge is 0.242 e. The molecule has 0 bridgehead atoms. The second-order valence-corrected chi connectivity index (χ2v) is 5.84. The molecule has 2 aromatic rings. The first-order valence-corrected chi connectivity index (χ1v) is 8.20. The Morgan fingerprint density at radius 1 is 0.958 bits per heavy atom. The summed E-state index contributed by atoms with van der Waals surface area (Å²) in [5, 5.41) is 2.92. The molecule has 0 radical (unpaired) electrons. The Bertz CT molecular complexity index is 656. The molecule has 0 aliphatic carbocycles. The predicted octanol–water partition coefficient (Wildman–Crippen LogP) is 2.78. The number of nitrogens with zero attached hydrogens (tertiary/aromatic N) is 1. The monoisotopic (exact) mass is 324 g/mol. The van der Waals surface area contributed by atoms with E-state index in [4.69, 9.17) is 0 Å². The third-order valence-electron chi connectivity index (χ3n) is 4.00. The van der Waals surface area contributed by atoms with Gasteiger partial charge in [0, 0.05) is 20.0 Å². The van der Waals surface area contributed by atoms with Crippen molar-refractivity contribution in [3.8, 4) is 0 Å². The molecule has 0 saturated carbocycles. The average Bonchev–Trinajstić information content (AvgIpc) is 2.60. The summed E-state index contributed by atoms with van der Waals surface area (Å²) in [6.45, 7) is 4.26. The highest BCUT2D eigenvalue weighted by Gasteiger charge is 2.23. The third-order valence-corrected chi connectivity index (χ3v) is 4.00. The lowest BCUT2D eigenvalue weighted by Gasteiger charge is -2.27. The molecule has 2 amide bonds. The molecule has 2 aromatic carbocycles. The van der Waals surface area contributed by atoms with Gasteiger partial charge in [-0.15, -0.1) is 0 Å². The quantitative estimate of drug-likeness (QED) is 0.851. The highest BCUT2D eigenvalue weighted by Crippen LogP contribution is 2.09. The van der Waals surface area contributed by atoms with Gasteiger partial charge in [0.1, 0.15) is 6.04 Å². The maximum atomic E-state index is 12.4. The molecule has 0 heterocycles. The molecular formula is C20H24N2O2. The zero-order valence-electron chi connectivity index (χ0n) is 14.2. The number of hydrogen-bond acceptors (Lipinski definition) is 2. The second kappa shape index (κ2) is 8.87. The van der Waals surface area contributed by atoms with E-state index in [1.807, 2.05) is 60.7 Å². The number of nitrogens with one attached hydrogen (secondary N) is 1. The van der Waals surface area contributed by atoms with Crippen molar-refractivity contribution in [1.29, 1.82) is 0 Å². The molecule has 1 N–H and O–H groups in total. The van der Waals surface area contributed by atoms with E-state index in [-0.39, 0.29) is 11.8 Å². The topological polar surface area (TPSA) is 49.4 Å². The molecule has 0 aromatic heterocycles. The van der Waals surface area contributed by atoms with Gasteiger partial charge in [-0.05, 0) is 24.5 Å². The maximum absolute atomic E-state index is 12.4. The van der Waals surface area contributed by atoms with Crippen LogP contribution in [0.25, 0.3) is 0 Å². The van der Waals surface area contributed by atoms with E-state index in [2.05, 4.69) is 5.32 Å². The van der Waals surface area contributed by atoms with Gasteiger partial charge in [-0.3, -0.25) is 9.59 Å². The van der Waals surface area contributed by atoms with Crippen molar-refractivity contribution in [3.05, 3.63) is 71.8 Å². The molecular weight excluding hydrogens is 300 g/mol. The van der Waals surface area contributed by atoms with Crippen molar-refractivity contribution in [3.63, 3.8) is 0 Å². The molecule has 1 atom stereocenters. The van der Waals surface area contributed by atoms with Gasteiger partial charge < -0.3 is 10.2 Å². The van der Waals surface area contributed by atoms with Gasteiger partial charge in [-0.25, -0.2) is 0 Å². The lowest BCUT2D eigenvalue weighted by atomic mass is 10.1. The number of hydrogen-bond donors (Lipinski definition) is 1. The first-order chi connectivity index (χ1) is 11.6. The SMILES string of the molecule is CC(=O)N(Cc1ccccc1)C(C)C(=O)NCCc1ccccc1. The molecule has 0 saturated heterocycles. The molecule has 0 aliphatic rings. The first kappa shape index (κ1) is 17.7. The van der Waals surface area contributed by atoms with Crippen LogP contribution in [0.15, 0.2) is 60.7 Å². The first-order valence-electron chi connectivity index (χ1n) is 8.20. The number of carbonyl (C=O) groups is 2. The molecule has 0 fully saturated rings. The minimum atomic E-state index is -0.501. The second-order valence-electron chi connectivity index (χ2n) is 5.84. The molecule has 2 rings (SSSR count). The molecule has 126 valence electrons. The summed E-state index contributed by atoms with van der Waals surface area (Å²) in [5.41, 5.74) is 2.19. The van der Waals surface area contributed by atoms with Crippen molar-refractivity contribution >= 4 is 11.8 Å². The summed E-state index contributed by atoms with van der Waals surface area (Å²) in [4.78, 5) is 25.9. The Hall–Kier alpha value is -2.62. The molecule has 0 aliphatic heterocycles. The summed E-state index contributed by atoms with van der Waals surface area (Å²) >= 11 is 0. The number of benzene rings is 2. The van der Waals surface area contributed by atoms with Crippen LogP contribution < -0.4 is 5.32 Å². The fourth-order valence-electron chi connectivity index (χ4n) is 2.57. The van der Waals surface area contributed by atoms with Gasteiger partial charge in [0.15, 0.2) is 0 Å². The van der Waals surface area contributed by atoms with Gasteiger partial charge in [0.25, 0.3) is 0 Å². The van der Waals surface area contributed by atoms with Crippen LogP contribution in [0.3, 0.4) is 0 Å². The highest BCUT2D eigenvalue weighted by molar-refractivity contribution is 5.86. The van der Waals surface area contributed by atoms with Crippen molar-refractivity contribution in [1.82, 2.24) is 10.2 Å². The largest absolute Gasteiger partial charge is 0.354 e. The van der Waals surface area contributed by atoms with Crippen LogP contribution in [0, 0.1) is 0 Å². The third kappa shape index (κ3) is 5.23. The van der Waals surface area contributed by atoms with E-state index >= 15 is 0 Å². The van der Waals surface area contributed by atoms with E-state index in [1.165, 1.54) is 12.5 Å². The zero-order chi connectivity index (χ0) is 17.4. The van der Waals surface area contributed by atoms with Gasteiger partial charge >= 0.3 is 0 Å². The zero-order valence-corrected chi connectivity index (χ0v) is 14.2. The van der Waals surface area contributed by atoms with Crippen LogP contribution in [-0.4, -0.2) is 29.3 Å². The minimum absolute atomic E-state index is 0.107. The van der Waals surface area contributed by atoms with Crippen LogP contribution in [0.4, 0.5) is 0 Å². The van der Waals surface area contributed by atoms with Crippen LogP contribution in [0.2, 0.25) is 0 Å². The molecule has 4 heteroatoms. The Morgan fingerprint density at radius 2 is 1.50 bits per heavy atom. The number of rotatable bonds is 7. The van der Waals surface area contributed by atoms with Crippen molar-refractivity contribution < 1.29 is 9.59 Å². The van der Waals surface area contributed by atoms with E-state index in [0.29, 0.717) is 13.1 Å². The summed E-state index contributed by atoms with van der Waals surface area (Å²) in [7, 11) is 0. The Labute approximate surface area is 143 Å². The van der Waals surface area contributed by atoms with E-state index < -0.39 is 6.04 Å². The van der Waals surface area contributed by atoms with E-state index in [9.17, 15) is 9.59 Å². The Morgan fingerprint density at radius 3 is 2.04 bits per heavy atom. The molecule has 1 unspecified atom stereocenters. The Balaban J connectivity index is 1.89. The Kier molecular flexibility index (Phi) is 6.55. The standard InChI is InChI=1S/C20H24N2O2/c1-16(20(24)21-14-13-18-9-5-3-6-10-18)22(17(2)23)15-19-11-7-4-8-12-19/h3-12,16H,13-15H2,1-2H3,(H,21,24). The maximum Gasteiger partial charge on any atom is 0.242 e. The average molecular weight is 324 g/mol. The highest BCUT2D eigenvalue weighted by atomic mass is 16.2. The van der Waals surface area contributed by atoms with Gasteiger partial charge in [-0.2, -0.15) is 0 Å². The summed E-state index contributed by atoms with van der Waals surface area (Å²) in [5.74, 6) is -0.235. The predicted molar refractivity (Wildman–Crippen MR) is 95.3 cm³/mol. The van der Waals surface area contributed by atoms with Crippen LogP contribution in [-0.2, 0) is 22.6 Å². The molecule has 0 spiro atoms. The van der Waals surface area contributed by atoms with Crippen LogP contribution in [0.1, 0.15) is 25.0 Å². The minimum Gasteiger partial charge on any atom is -0.354 e. The van der Waals surface area contributed by atoms with Crippen LogP contribution >= 0.6 is 0 Å². The lowest BCUT2D eigenvalue weighted by Crippen LogP contribution is -2.47. The summed E-state index contributed by atoms with van der Waals surface area (Å²) in [6.07, 6.45) is 0.776. The van der Waals surface area contributed by atoms with E-state index in [0.717, 1.165) is 12.0 Å². The fourth-order valence-corrected chi connectivity index (χ4v) is 2.57. The molecule has 24 heavy (non-hydrogen) atoms. The fraction of sp³-hybridized carbons (Fsp3) is 0.300. The van der Waals surface area contributed by atoms with Gasteiger partial charge in [0.2, 0.25) is 11.8 Å². The van der Waals surface area contributed by atoms with Crippen molar-refractivity contribution in [2.45, 2.75) is 32.9 Å². The number of carbonyl (C=O) groups excluding carboxylic acids is 2.